The standard InChI is InChI=1S/C20H23N3O2/c24-14-17-7-2-1-6-15(17)12-23-20(25)21-11-5-8-16-13-22-19-10-4-3-9-18(16)19/h1-4,6-7,9-10,13,22,24H,5,8,11-12,14H2,(H2,21,23,25). The lowest BCUT2D eigenvalue weighted by Crippen LogP contribution is -2.35. The van der Waals surface area contributed by atoms with Crippen LogP contribution in [0, 0.1) is 0 Å². The number of carbonyl (C=O) groups is 1. The summed E-state index contributed by atoms with van der Waals surface area (Å²) in [7, 11) is 0. The van der Waals surface area contributed by atoms with Gasteiger partial charge in [0.15, 0.2) is 0 Å². The molecule has 0 aliphatic heterocycles. The maximum absolute atomic E-state index is 11.9. The number of rotatable bonds is 7. The Hall–Kier alpha value is -2.79. The fourth-order valence-electron chi connectivity index (χ4n) is 2.94. The van der Waals surface area contributed by atoms with Crippen molar-refractivity contribution in [1.82, 2.24) is 15.6 Å². The molecule has 3 rings (SSSR count). The van der Waals surface area contributed by atoms with Gasteiger partial charge in [0.25, 0.3) is 0 Å². The molecule has 5 heteroatoms. The van der Waals surface area contributed by atoms with Gasteiger partial charge in [0.05, 0.1) is 6.61 Å². The fraction of sp³-hybridized carbons (Fsp3) is 0.250. The smallest absolute Gasteiger partial charge is 0.315 e. The number of aromatic amines is 1. The third kappa shape index (κ3) is 4.39. The van der Waals surface area contributed by atoms with Gasteiger partial charge in [0, 0.05) is 30.2 Å². The summed E-state index contributed by atoms with van der Waals surface area (Å²) in [5, 5.41) is 16.2. The molecule has 2 aromatic carbocycles. The molecular weight excluding hydrogens is 314 g/mol. The van der Waals surface area contributed by atoms with E-state index in [4.69, 9.17) is 0 Å². The van der Waals surface area contributed by atoms with Crippen molar-refractivity contribution < 1.29 is 9.90 Å². The van der Waals surface area contributed by atoms with Crippen molar-refractivity contribution in [2.24, 2.45) is 0 Å². The molecule has 2 amide bonds. The summed E-state index contributed by atoms with van der Waals surface area (Å²) in [6.45, 7) is 1.00. The second-order valence-electron chi connectivity index (χ2n) is 6.00. The second kappa shape index (κ2) is 8.35. The number of para-hydroxylation sites is 1. The number of nitrogens with one attached hydrogen (secondary N) is 3. The number of benzene rings is 2. The first kappa shape index (κ1) is 17.0. The van der Waals surface area contributed by atoms with E-state index >= 15 is 0 Å². The minimum absolute atomic E-state index is 0.0237. The van der Waals surface area contributed by atoms with Crippen LogP contribution >= 0.6 is 0 Å². The van der Waals surface area contributed by atoms with Crippen LogP contribution in [-0.2, 0) is 19.6 Å². The molecule has 3 aromatic rings. The van der Waals surface area contributed by atoms with Crippen molar-refractivity contribution in [3.05, 3.63) is 71.4 Å². The summed E-state index contributed by atoms with van der Waals surface area (Å²) in [5.41, 5.74) is 4.18. The zero-order chi connectivity index (χ0) is 17.5. The van der Waals surface area contributed by atoms with E-state index in [2.05, 4.69) is 27.8 Å². The molecule has 25 heavy (non-hydrogen) atoms. The summed E-state index contributed by atoms with van der Waals surface area (Å²) in [5.74, 6) is 0. The van der Waals surface area contributed by atoms with Gasteiger partial charge in [0.1, 0.15) is 0 Å². The third-order valence-corrected chi connectivity index (χ3v) is 4.31. The first-order valence-electron chi connectivity index (χ1n) is 8.52. The van der Waals surface area contributed by atoms with Crippen molar-refractivity contribution in [2.75, 3.05) is 6.54 Å². The van der Waals surface area contributed by atoms with Crippen LogP contribution in [0.15, 0.2) is 54.7 Å². The largest absolute Gasteiger partial charge is 0.392 e. The van der Waals surface area contributed by atoms with Gasteiger partial charge in [-0.2, -0.15) is 0 Å². The lowest BCUT2D eigenvalue weighted by molar-refractivity contribution is 0.240. The van der Waals surface area contributed by atoms with Crippen LogP contribution in [0.1, 0.15) is 23.1 Å². The topological polar surface area (TPSA) is 77.2 Å². The van der Waals surface area contributed by atoms with E-state index in [0.717, 1.165) is 29.5 Å². The van der Waals surface area contributed by atoms with Gasteiger partial charge in [-0.1, -0.05) is 42.5 Å². The van der Waals surface area contributed by atoms with Crippen LogP contribution in [0.3, 0.4) is 0 Å². The van der Waals surface area contributed by atoms with E-state index in [-0.39, 0.29) is 12.6 Å². The summed E-state index contributed by atoms with van der Waals surface area (Å²) in [6.07, 6.45) is 3.83. The maximum Gasteiger partial charge on any atom is 0.315 e. The van der Waals surface area contributed by atoms with E-state index in [1.54, 1.807) is 0 Å². The quantitative estimate of drug-likeness (QED) is 0.500. The van der Waals surface area contributed by atoms with Gasteiger partial charge in [0.2, 0.25) is 0 Å². The molecule has 0 saturated carbocycles. The monoisotopic (exact) mass is 337 g/mol. The van der Waals surface area contributed by atoms with Crippen LogP contribution in [-0.4, -0.2) is 22.7 Å². The fourth-order valence-corrected chi connectivity index (χ4v) is 2.94. The normalized spacial score (nSPS) is 10.8. The van der Waals surface area contributed by atoms with Crippen LogP contribution in [0.25, 0.3) is 10.9 Å². The van der Waals surface area contributed by atoms with Crippen molar-refractivity contribution in [3.8, 4) is 0 Å². The minimum Gasteiger partial charge on any atom is -0.392 e. The van der Waals surface area contributed by atoms with E-state index in [1.807, 2.05) is 42.6 Å². The van der Waals surface area contributed by atoms with E-state index < -0.39 is 0 Å². The van der Waals surface area contributed by atoms with Crippen LogP contribution in [0.2, 0.25) is 0 Å². The summed E-state index contributed by atoms with van der Waals surface area (Å²) in [4.78, 5) is 15.2. The number of aromatic nitrogens is 1. The second-order valence-corrected chi connectivity index (χ2v) is 6.00. The molecule has 0 spiro atoms. The molecule has 1 aromatic heterocycles. The minimum atomic E-state index is -0.188. The first-order valence-corrected chi connectivity index (χ1v) is 8.52. The number of hydrogen-bond donors (Lipinski definition) is 4. The van der Waals surface area contributed by atoms with Gasteiger partial charge in [-0.05, 0) is 35.6 Å². The molecular formula is C20H23N3O2. The molecule has 0 saturated heterocycles. The average molecular weight is 337 g/mol. The number of hydrogen-bond acceptors (Lipinski definition) is 2. The number of urea groups is 1. The molecule has 0 unspecified atom stereocenters. The Morgan fingerprint density at radius 1 is 0.960 bits per heavy atom. The molecule has 0 aliphatic carbocycles. The van der Waals surface area contributed by atoms with Crippen LogP contribution in [0.5, 0.6) is 0 Å². The van der Waals surface area contributed by atoms with Gasteiger partial charge < -0.3 is 20.7 Å². The van der Waals surface area contributed by atoms with Crippen molar-refractivity contribution in [2.45, 2.75) is 26.0 Å². The van der Waals surface area contributed by atoms with Crippen LogP contribution in [0.4, 0.5) is 4.79 Å². The summed E-state index contributed by atoms with van der Waals surface area (Å²) in [6, 6.07) is 15.6. The van der Waals surface area contributed by atoms with Gasteiger partial charge in [-0.25, -0.2) is 4.79 Å². The zero-order valence-corrected chi connectivity index (χ0v) is 14.1. The Bertz CT molecular complexity index is 842. The molecule has 1 heterocycles. The van der Waals surface area contributed by atoms with Gasteiger partial charge >= 0.3 is 6.03 Å². The number of amides is 2. The number of aliphatic hydroxyl groups excluding tert-OH is 1. The average Bonchev–Trinajstić information content (AvgIpc) is 3.07. The molecule has 0 atom stereocenters. The highest BCUT2D eigenvalue weighted by molar-refractivity contribution is 5.83. The van der Waals surface area contributed by atoms with Crippen molar-refractivity contribution in [1.29, 1.82) is 0 Å². The Morgan fingerprint density at radius 3 is 2.56 bits per heavy atom. The van der Waals surface area contributed by atoms with E-state index in [9.17, 15) is 9.90 Å². The molecule has 4 N–H and O–H groups in total. The molecule has 0 fully saturated rings. The van der Waals surface area contributed by atoms with Crippen molar-refractivity contribution >= 4 is 16.9 Å². The highest BCUT2D eigenvalue weighted by atomic mass is 16.3. The molecule has 0 bridgehead atoms. The number of aryl methyl sites for hydroxylation is 1. The molecule has 0 aliphatic rings. The lowest BCUT2D eigenvalue weighted by Gasteiger charge is -2.10. The van der Waals surface area contributed by atoms with Crippen molar-refractivity contribution in [3.63, 3.8) is 0 Å². The zero-order valence-electron chi connectivity index (χ0n) is 14.1. The highest BCUT2D eigenvalue weighted by Crippen LogP contribution is 2.18. The van der Waals surface area contributed by atoms with E-state index in [1.165, 1.54) is 10.9 Å². The molecule has 130 valence electrons. The SMILES string of the molecule is O=C(NCCCc1c[nH]c2ccccc12)NCc1ccccc1CO. The third-order valence-electron chi connectivity index (χ3n) is 4.31. The van der Waals surface area contributed by atoms with E-state index in [0.29, 0.717) is 13.1 Å². The predicted molar refractivity (Wildman–Crippen MR) is 99.2 cm³/mol. The Kier molecular flexibility index (Phi) is 5.69. The highest BCUT2D eigenvalue weighted by Gasteiger charge is 2.05. The maximum atomic E-state index is 11.9. The predicted octanol–water partition coefficient (Wildman–Crippen LogP) is 3.09. The Morgan fingerprint density at radius 2 is 1.72 bits per heavy atom. The van der Waals surface area contributed by atoms with Gasteiger partial charge in [-0.15, -0.1) is 0 Å². The van der Waals surface area contributed by atoms with Gasteiger partial charge in [-0.3, -0.25) is 0 Å². The first-order chi connectivity index (χ1) is 12.3. The molecule has 5 nitrogen and oxygen atoms in total. The number of aliphatic hydroxyl groups is 1. The Balaban J connectivity index is 1.41. The lowest BCUT2D eigenvalue weighted by atomic mass is 10.1. The van der Waals surface area contributed by atoms with Crippen LogP contribution < -0.4 is 10.6 Å². The number of carbonyl (C=O) groups excluding carboxylic acids is 1. The molecule has 0 radical (unpaired) electrons. The summed E-state index contributed by atoms with van der Waals surface area (Å²) < 4.78 is 0. The number of fused-ring (bicyclic) bond motifs is 1. The number of H-pyrrole nitrogens is 1. The summed E-state index contributed by atoms with van der Waals surface area (Å²) >= 11 is 0. The Labute approximate surface area is 147 Å².